The highest BCUT2D eigenvalue weighted by atomic mass is 32.2. The number of hydrogen-bond donors (Lipinski definition) is 1. The molecule has 0 spiro atoms. The van der Waals surface area contributed by atoms with Gasteiger partial charge in [-0.05, 0) is 49.6 Å². The molecule has 160 valence electrons. The summed E-state index contributed by atoms with van der Waals surface area (Å²) in [5.41, 5.74) is 2.12. The van der Waals surface area contributed by atoms with Gasteiger partial charge in [0.15, 0.2) is 9.84 Å². The summed E-state index contributed by atoms with van der Waals surface area (Å²) in [6, 6.07) is 8.31. The lowest BCUT2D eigenvalue weighted by Gasteiger charge is -2.27. The number of sulfone groups is 1. The second kappa shape index (κ2) is 7.42. The van der Waals surface area contributed by atoms with Crippen molar-refractivity contribution in [1.29, 1.82) is 0 Å². The molecular formula is C22H20N2O6S. The van der Waals surface area contributed by atoms with Crippen LogP contribution in [0.25, 0.3) is 0 Å². The predicted molar refractivity (Wildman–Crippen MR) is 110 cm³/mol. The zero-order valence-electron chi connectivity index (χ0n) is 17.0. The molecule has 1 saturated heterocycles. The zero-order chi connectivity index (χ0) is 22.5. The maximum Gasteiger partial charge on any atom is 0.262 e. The molecule has 1 atom stereocenters. The quantitative estimate of drug-likeness (QED) is 0.723. The Hall–Kier alpha value is -3.33. The molecule has 2 aromatic rings. The number of benzene rings is 2. The minimum Gasteiger partial charge on any atom is -0.295 e. The molecule has 1 unspecified atom stereocenters. The van der Waals surface area contributed by atoms with Crippen molar-refractivity contribution in [2.75, 3.05) is 0 Å². The number of imide groups is 2. The Morgan fingerprint density at radius 2 is 1.68 bits per heavy atom. The second-order valence-electron chi connectivity index (χ2n) is 7.86. The van der Waals surface area contributed by atoms with Crippen LogP contribution in [0.1, 0.15) is 50.2 Å². The van der Waals surface area contributed by atoms with E-state index in [0.717, 1.165) is 10.5 Å². The van der Waals surface area contributed by atoms with E-state index in [1.807, 2.05) is 6.92 Å². The third kappa shape index (κ3) is 3.65. The fourth-order valence-electron chi connectivity index (χ4n) is 4.05. The largest absolute Gasteiger partial charge is 0.295 e. The summed E-state index contributed by atoms with van der Waals surface area (Å²) in [5, 5.41) is 2.14. The smallest absolute Gasteiger partial charge is 0.262 e. The first-order chi connectivity index (χ1) is 14.6. The first-order valence-electron chi connectivity index (χ1n) is 9.73. The van der Waals surface area contributed by atoms with Crippen LogP contribution in [0.5, 0.6) is 0 Å². The number of piperidine rings is 1. The lowest BCUT2D eigenvalue weighted by Crippen LogP contribution is -2.54. The molecule has 2 aliphatic heterocycles. The van der Waals surface area contributed by atoms with Crippen molar-refractivity contribution in [2.45, 2.75) is 43.4 Å². The van der Waals surface area contributed by atoms with Crippen LogP contribution in [0.15, 0.2) is 41.3 Å². The van der Waals surface area contributed by atoms with E-state index < -0.39 is 39.5 Å². The molecule has 0 saturated carbocycles. The number of carbonyl (C=O) groups is 4. The van der Waals surface area contributed by atoms with E-state index in [1.165, 1.54) is 18.2 Å². The van der Waals surface area contributed by atoms with Crippen molar-refractivity contribution in [3.63, 3.8) is 0 Å². The van der Waals surface area contributed by atoms with Crippen molar-refractivity contribution in [3.8, 4) is 0 Å². The van der Waals surface area contributed by atoms with Gasteiger partial charge in [0, 0.05) is 6.42 Å². The van der Waals surface area contributed by atoms with E-state index in [-0.39, 0.29) is 34.6 Å². The molecule has 0 aromatic heterocycles. The average molecular weight is 440 g/mol. The molecule has 8 nitrogen and oxygen atoms in total. The van der Waals surface area contributed by atoms with Crippen LogP contribution in [0.3, 0.4) is 0 Å². The molecule has 4 amide bonds. The summed E-state index contributed by atoms with van der Waals surface area (Å²) in [6.07, 6.45) is 0.0906. The van der Waals surface area contributed by atoms with Gasteiger partial charge >= 0.3 is 0 Å². The number of carbonyl (C=O) groups excluding carboxylic acids is 4. The van der Waals surface area contributed by atoms with Crippen LogP contribution >= 0.6 is 0 Å². The van der Waals surface area contributed by atoms with Gasteiger partial charge in [-0.3, -0.25) is 29.4 Å². The summed E-state index contributed by atoms with van der Waals surface area (Å²) in [5.74, 6) is -2.76. The van der Waals surface area contributed by atoms with Gasteiger partial charge in [-0.25, -0.2) is 8.42 Å². The van der Waals surface area contributed by atoms with Crippen molar-refractivity contribution >= 4 is 33.5 Å². The molecule has 2 heterocycles. The van der Waals surface area contributed by atoms with Crippen molar-refractivity contribution in [2.24, 2.45) is 0 Å². The van der Waals surface area contributed by atoms with Crippen molar-refractivity contribution < 1.29 is 27.6 Å². The van der Waals surface area contributed by atoms with Crippen LogP contribution < -0.4 is 5.32 Å². The molecule has 9 heteroatoms. The highest BCUT2D eigenvalue weighted by molar-refractivity contribution is 7.90. The topological polar surface area (TPSA) is 118 Å². The Labute approximate surface area is 179 Å². The van der Waals surface area contributed by atoms with E-state index in [4.69, 9.17) is 0 Å². The molecule has 2 aromatic carbocycles. The number of nitrogens with one attached hydrogen (secondary N) is 1. The number of amides is 4. The van der Waals surface area contributed by atoms with E-state index >= 15 is 0 Å². The van der Waals surface area contributed by atoms with Gasteiger partial charge in [0.1, 0.15) is 6.04 Å². The average Bonchev–Trinajstić information content (AvgIpc) is 2.92. The Balaban J connectivity index is 1.63. The summed E-state index contributed by atoms with van der Waals surface area (Å²) >= 11 is 0. The number of hydrogen-bond acceptors (Lipinski definition) is 6. The lowest BCUT2D eigenvalue weighted by atomic mass is 10.0. The van der Waals surface area contributed by atoms with Gasteiger partial charge < -0.3 is 0 Å². The van der Waals surface area contributed by atoms with Gasteiger partial charge in [0.25, 0.3) is 11.8 Å². The SMILES string of the molecule is Cc1ccc(S(=O)(=O)Cc2ccc3c(c2)C(=O)N(C2CCC(=O)NC2=O)C3=O)c(C)c1. The van der Waals surface area contributed by atoms with E-state index in [9.17, 15) is 27.6 Å². The first kappa shape index (κ1) is 20.9. The Morgan fingerprint density at radius 1 is 0.968 bits per heavy atom. The Kier molecular flexibility index (Phi) is 5.01. The molecular weight excluding hydrogens is 420 g/mol. The van der Waals surface area contributed by atoms with Gasteiger partial charge in [-0.15, -0.1) is 0 Å². The molecule has 0 bridgehead atoms. The summed E-state index contributed by atoms with van der Waals surface area (Å²) in [7, 11) is -3.67. The van der Waals surface area contributed by atoms with E-state index in [1.54, 1.807) is 25.1 Å². The van der Waals surface area contributed by atoms with Crippen LogP contribution in [0, 0.1) is 13.8 Å². The fourth-order valence-corrected chi connectivity index (χ4v) is 5.65. The molecule has 0 aliphatic carbocycles. The normalized spacial score (nSPS) is 18.9. The second-order valence-corrected chi connectivity index (χ2v) is 9.81. The van der Waals surface area contributed by atoms with Gasteiger partial charge in [0.2, 0.25) is 11.8 Å². The first-order valence-corrected chi connectivity index (χ1v) is 11.4. The maximum absolute atomic E-state index is 12.9. The molecule has 4 rings (SSSR count). The Morgan fingerprint density at radius 3 is 2.35 bits per heavy atom. The predicted octanol–water partition coefficient (Wildman–Crippen LogP) is 1.68. The summed E-state index contributed by atoms with van der Waals surface area (Å²) in [6.45, 7) is 3.60. The lowest BCUT2D eigenvalue weighted by molar-refractivity contribution is -0.136. The van der Waals surface area contributed by atoms with E-state index in [0.29, 0.717) is 11.1 Å². The highest BCUT2D eigenvalue weighted by Crippen LogP contribution is 2.29. The van der Waals surface area contributed by atoms with Crippen LogP contribution in [-0.2, 0) is 25.2 Å². The minimum absolute atomic E-state index is 0.0310. The molecule has 1 fully saturated rings. The van der Waals surface area contributed by atoms with Crippen LogP contribution in [-0.4, -0.2) is 43.0 Å². The van der Waals surface area contributed by atoms with Crippen LogP contribution in [0.2, 0.25) is 0 Å². The zero-order valence-corrected chi connectivity index (χ0v) is 17.8. The molecule has 2 aliphatic rings. The monoisotopic (exact) mass is 440 g/mol. The maximum atomic E-state index is 12.9. The van der Waals surface area contributed by atoms with Gasteiger partial charge in [-0.1, -0.05) is 23.8 Å². The third-order valence-corrected chi connectivity index (χ3v) is 7.37. The number of aryl methyl sites for hydroxylation is 2. The fraction of sp³-hybridized carbons (Fsp3) is 0.273. The van der Waals surface area contributed by atoms with Gasteiger partial charge in [-0.2, -0.15) is 0 Å². The third-order valence-electron chi connectivity index (χ3n) is 5.53. The summed E-state index contributed by atoms with van der Waals surface area (Å²) < 4.78 is 25.8. The van der Waals surface area contributed by atoms with Crippen LogP contribution in [0.4, 0.5) is 0 Å². The minimum atomic E-state index is -3.67. The Bertz CT molecular complexity index is 1260. The van der Waals surface area contributed by atoms with Crippen molar-refractivity contribution in [3.05, 3.63) is 64.2 Å². The van der Waals surface area contributed by atoms with E-state index in [2.05, 4.69) is 5.32 Å². The number of nitrogens with zero attached hydrogens (tertiary/aromatic N) is 1. The highest BCUT2D eigenvalue weighted by Gasteiger charge is 2.44. The van der Waals surface area contributed by atoms with Crippen molar-refractivity contribution in [1.82, 2.24) is 10.2 Å². The number of fused-ring (bicyclic) bond motifs is 1. The van der Waals surface area contributed by atoms with Gasteiger partial charge in [0.05, 0.1) is 21.8 Å². The standard InChI is InChI=1S/C22H20N2O6S/c1-12-3-7-18(13(2)9-12)31(29,30)11-14-4-5-15-16(10-14)22(28)24(21(15)27)17-6-8-19(25)23-20(17)26/h3-5,7,9-10,17H,6,8,11H2,1-2H3,(H,23,25,26). The molecule has 31 heavy (non-hydrogen) atoms. The molecule has 0 radical (unpaired) electrons. The summed E-state index contributed by atoms with van der Waals surface area (Å²) in [4.78, 5) is 50.2. The number of rotatable bonds is 4. The molecule has 1 N–H and O–H groups in total.